The SMILES string of the molecule is c1ccc2c(c1)Oc1ccc(-c3nc(-c4cccc5ccccc45)c4ccccc4n3)cc1C21CCCCC1. The van der Waals surface area contributed by atoms with Gasteiger partial charge in [0.1, 0.15) is 11.5 Å². The van der Waals surface area contributed by atoms with E-state index in [-0.39, 0.29) is 5.41 Å². The molecule has 3 nitrogen and oxygen atoms in total. The zero-order valence-corrected chi connectivity index (χ0v) is 21.7. The quantitative estimate of drug-likeness (QED) is 0.235. The van der Waals surface area contributed by atoms with E-state index in [9.17, 15) is 0 Å². The highest BCUT2D eigenvalue weighted by molar-refractivity contribution is 6.03. The Morgan fingerprint density at radius 2 is 1.33 bits per heavy atom. The predicted molar refractivity (Wildman–Crippen MR) is 158 cm³/mol. The van der Waals surface area contributed by atoms with E-state index in [1.54, 1.807) is 0 Å². The Kier molecular flexibility index (Phi) is 5.06. The Hall–Kier alpha value is -4.50. The van der Waals surface area contributed by atoms with Gasteiger partial charge < -0.3 is 4.74 Å². The molecule has 0 radical (unpaired) electrons. The van der Waals surface area contributed by atoms with Crippen LogP contribution in [0.15, 0.2) is 109 Å². The van der Waals surface area contributed by atoms with Crippen LogP contribution in [-0.2, 0) is 5.41 Å². The minimum absolute atomic E-state index is 0.0201. The largest absolute Gasteiger partial charge is 0.457 e. The fourth-order valence-corrected chi connectivity index (χ4v) is 6.88. The molecule has 0 amide bonds. The molecule has 0 saturated heterocycles. The third-order valence-corrected chi connectivity index (χ3v) is 8.73. The predicted octanol–water partition coefficient (Wildman–Crippen LogP) is 9.47. The monoisotopic (exact) mass is 504 g/mol. The molecule has 0 unspecified atom stereocenters. The van der Waals surface area contributed by atoms with Crippen LogP contribution >= 0.6 is 0 Å². The van der Waals surface area contributed by atoms with Gasteiger partial charge in [-0.25, -0.2) is 9.97 Å². The molecule has 6 aromatic rings. The number of para-hydroxylation sites is 2. The summed E-state index contributed by atoms with van der Waals surface area (Å²) in [4.78, 5) is 10.4. The molecule has 0 atom stereocenters. The molecule has 2 heterocycles. The van der Waals surface area contributed by atoms with Gasteiger partial charge in [0, 0.05) is 33.1 Å². The van der Waals surface area contributed by atoms with E-state index >= 15 is 0 Å². The van der Waals surface area contributed by atoms with Crippen LogP contribution in [0.2, 0.25) is 0 Å². The molecule has 0 bridgehead atoms. The molecular formula is C36H28N2O. The second-order valence-corrected chi connectivity index (χ2v) is 10.9. The van der Waals surface area contributed by atoms with E-state index in [0.29, 0.717) is 0 Å². The molecule has 188 valence electrons. The second-order valence-electron chi connectivity index (χ2n) is 10.9. The van der Waals surface area contributed by atoms with Crippen LogP contribution in [0.4, 0.5) is 0 Å². The maximum absolute atomic E-state index is 6.47. The lowest BCUT2D eigenvalue weighted by molar-refractivity contribution is 0.306. The second kappa shape index (κ2) is 8.78. The van der Waals surface area contributed by atoms with Gasteiger partial charge in [-0.05, 0) is 53.9 Å². The summed E-state index contributed by atoms with van der Waals surface area (Å²) in [7, 11) is 0. The maximum Gasteiger partial charge on any atom is 0.160 e. The van der Waals surface area contributed by atoms with Crippen molar-refractivity contribution in [3.63, 3.8) is 0 Å². The summed E-state index contributed by atoms with van der Waals surface area (Å²) in [6.45, 7) is 0. The van der Waals surface area contributed by atoms with Crippen LogP contribution in [-0.4, -0.2) is 9.97 Å². The number of hydrogen-bond donors (Lipinski definition) is 0. The highest BCUT2D eigenvalue weighted by Gasteiger charge is 2.43. The first-order valence-electron chi connectivity index (χ1n) is 14.0. The fraction of sp³-hybridized carbons (Fsp3) is 0.167. The van der Waals surface area contributed by atoms with Gasteiger partial charge in [-0.1, -0.05) is 98.1 Å². The van der Waals surface area contributed by atoms with Crippen LogP contribution in [0.5, 0.6) is 11.5 Å². The smallest absolute Gasteiger partial charge is 0.160 e. The Labute approximate surface area is 228 Å². The first kappa shape index (κ1) is 22.5. The average molecular weight is 505 g/mol. The summed E-state index contributed by atoms with van der Waals surface area (Å²) in [5, 5.41) is 3.48. The number of rotatable bonds is 2. The Morgan fingerprint density at radius 3 is 2.26 bits per heavy atom. The summed E-state index contributed by atoms with van der Waals surface area (Å²) >= 11 is 0. The van der Waals surface area contributed by atoms with Gasteiger partial charge in [0.25, 0.3) is 0 Å². The topological polar surface area (TPSA) is 35.0 Å². The first-order chi connectivity index (χ1) is 19.3. The molecule has 1 fully saturated rings. The highest BCUT2D eigenvalue weighted by atomic mass is 16.5. The highest BCUT2D eigenvalue weighted by Crippen LogP contribution is 2.55. The van der Waals surface area contributed by atoms with Crippen LogP contribution < -0.4 is 4.74 Å². The number of aromatic nitrogens is 2. The lowest BCUT2D eigenvalue weighted by Crippen LogP contribution is -2.33. The van der Waals surface area contributed by atoms with Gasteiger partial charge in [0.15, 0.2) is 5.82 Å². The minimum Gasteiger partial charge on any atom is -0.457 e. The molecule has 1 aromatic heterocycles. The van der Waals surface area contributed by atoms with Gasteiger partial charge in [-0.15, -0.1) is 0 Å². The van der Waals surface area contributed by atoms with Gasteiger partial charge in [0.2, 0.25) is 0 Å². The van der Waals surface area contributed by atoms with Crippen molar-refractivity contribution < 1.29 is 4.74 Å². The van der Waals surface area contributed by atoms with Crippen molar-refractivity contribution in [3.05, 3.63) is 120 Å². The van der Waals surface area contributed by atoms with E-state index in [4.69, 9.17) is 14.7 Å². The number of hydrogen-bond acceptors (Lipinski definition) is 3. The molecular weight excluding hydrogens is 476 g/mol. The van der Waals surface area contributed by atoms with Crippen LogP contribution in [0.3, 0.4) is 0 Å². The molecule has 1 saturated carbocycles. The van der Waals surface area contributed by atoms with Gasteiger partial charge in [-0.3, -0.25) is 0 Å². The van der Waals surface area contributed by atoms with Crippen molar-refractivity contribution in [1.82, 2.24) is 9.97 Å². The summed E-state index contributed by atoms with van der Waals surface area (Å²) in [5.41, 5.74) is 6.68. The zero-order chi connectivity index (χ0) is 25.8. The molecule has 39 heavy (non-hydrogen) atoms. The Morgan fingerprint density at radius 1 is 0.590 bits per heavy atom. The first-order valence-corrected chi connectivity index (χ1v) is 14.0. The molecule has 1 spiro atoms. The van der Waals surface area contributed by atoms with E-state index in [1.165, 1.54) is 41.2 Å². The van der Waals surface area contributed by atoms with E-state index in [2.05, 4.69) is 109 Å². The average Bonchev–Trinajstić information content (AvgIpc) is 3.01. The zero-order valence-electron chi connectivity index (χ0n) is 21.7. The van der Waals surface area contributed by atoms with Crippen LogP contribution in [0.25, 0.3) is 44.3 Å². The van der Waals surface area contributed by atoms with Gasteiger partial charge >= 0.3 is 0 Å². The van der Waals surface area contributed by atoms with Crippen LogP contribution in [0.1, 0.15) is 43.2 Å². The third kappa shape index (κ3) is 3.50. The summed E-state index contributed by atoms with van der Waals surface area (Å²) < 4.78 is 6.47. The number of fused-ring (bicyclic) bond motifs is 6. The molecule has 3 heteroatoms. The number of benzene rings is 5. The van der Waals surface area contributed by atoms with Crippen molar-refractivity contribution in [3.8, 4) is 34.1 Å². The molecule has 5 aromatic carbocycles. The van der Waals surface area contributed by atoms with Crippen LogP contribution in [0, 0.1) is 0 Å². The van der Waals surface area contributed by atoms with Crippen molar-refractivity contribution in [1.29, 1.82) is 0 Å². The third-order valence-electron chi connectivity index (χ3n) is 8.73. The maximum atomic E-state index is 6.47. The number of ether oxygens (including phenoxy) is 1. The molecule has 2 aliphatic rings. The van der Waals surface area contributed by atoms with Crippen molar-refractivity contribution >= 4 is 21.7 Å². The Balaban J connectivity index is 1.35. The fourth-order valence-electron chi connectivity index (χ4n) is 6.88. The standard InChI is InChI=1S/C36H28N2O/c1-8-21-36(22-9-1)29-16-5-7-18-32(29)39-33-20-19-25(23-30(33)36)35-37-31-17-6-4-14-28(31)34(38-35)27-15-10-12-24-11-2-3-13-26(24)27/h2-7,10-20,23H,1,8-9,21-22H2. The normalized spacial score (nSPS) is 15.6. The van der Waals surface area contributed by atoms with E-state index in [0.717, 1.165) is 57.9 Å². The molecule has 8 rings (SSSR count). The summed E-state index contributed by atoms with van der Waals surface area (Å²) in [5.74, 6) is 2.72. The number of nitrogens with zero attached hydrogens (tertiary/aromatic N) is 2. The summed E-state index contributed by atoms with van der Waals surface area (Å²) in [6, 6.07) is 38.5. The van der Waals surface area contributed by atoms with Gasteiger partial charge in [0.05, 0.1) is 11.2 Å². The minimum atomic E-state index is -0.0201. The molecule has 0 N–H and O–H groups in total. The van der Waals surface area contributed by atoms with E-state index < -0.39 is 0 Å². The Bertz CT molecular complexity index is 1880. The van der Waals surface area contributed by atoms with Crippen molar-refractivity contribution in [2.75, 3.05) is 0 Å². The van der Waals surface area contributed by atoms with Crippen molar-refractivity contribution in [2.45, 2.75) is 37.5 Å². The van der Waals surface area contributed by atoms with Gasteiger partial charge in [-0.2, -0.15) is 0 Å². The van der Waals surface area contributed by atoms with Crippen molar-refractivity contribution in [2.24, 2.45) is 0 Å². The van der Waals surface area contributed by atoms with E-state index in [1.807, 2.05) is 0 Å². The molecule has 1 aliphatic carbocycles. The summed E-state index contributed by atoms with van der Waals surface area (Å²) in [6.07, 6.45) is 6.04. The lowest BCUT2D eigenvalue weighted by atomic mass is 9.64. The lowest BCUT2D eigenvalue weighted by Gasteiger charge is -2.43. The molecule has 1 aliphatic heterocycles.